The van der Waals surface area contributed by atoms with Crippen molar-refractivity contribution in [2.45, 2.75) is 6.92 Å². The predicted molar refractivity (Wildman–Crippen MR) is 106 cm³/mol. The molecule has 0 saturated carbocycles. The van der Waals surface area contributed by atoms with Crippen LogP contribution in [-0.4, -0.2) is 24.9 Å². The van der Waals surface area contributed by atoms with Gasteiger partial charge in [0, 0.05) is 23.5 Å². The number of benzene rings is 3. The highest BCUT2D eigenvalue weighted by Gasteiger charge is 2.06. The molecule has 0 saturated heterocycles. The van der Waals surface area contributed by atoms with E-state index in [1.54, 1.807) is 18.2 Å². The summed E-state index contributed by atoms with van der Waals surface area (Å²) in [5.41, 5.74) is 2.04. The van der Waals surface area contributed by atoms with E-state index >= 15 is 0 Å². The lowest BCUT2D eigenvalue weighted by Crippen LogP contribution is -2.23. The average molecular weight is 347 g/mol. The maximum Gasteiger partial charge on any atom is 0.251 e. The highest BCUT2D eigenvalue weighted by atomic mass is 16.2. The van der Waals surface area contributed by atoms with E-state index in [1.807, 2.05) is 55.5 Å². The molecule has 0 aliphatic carbocycles. The molecule has 26 heavy (non-hydrogen) atoms. The number of fused-ring (bicyclic) bond motifs is 1. The largest absolute Gasteiger partial charge is 0.376 e. The maximum atomic E-state index is 12.2. The summed E-state index contributed by atoms with van der Waals surface area (Å²) in [4.78, 5) is 24.1. The summed E-state index contributed by atoms with van der Waals surface area (Å²) in [6, 6.07) is 20.9. The Balaban J connectivity index is 1.60. The van der Waals surface area contributed by atoms with Crippen LogP contribution >= 0.6 is 0 Å². The third kappa shape index (κ3) is 4.39. The second-order valence-electron chi connectivity index (χ2n) is 5.90. The SMILES string of the molecule is CCNC(=O)c1cccc(NCC(=O)Nc2ccc3ccccc3c2)c1. The van der Waals surface area contributed by atoms with Crippen LogP contribution < -0.4 is 16.0 Å². The molecule has 132 valence electrons. The fraction of sp³-hybridized carbons (Fsp3) is 0.143. The second-order valence-corrected chi connectivity index (χ2v) is 5.90. The smallest absolute Gasteiger partial charge is 0.251 e. The van der Waals surface area contributed by atoms with Crippen molar-refractivity contribution in [3.8, 4) is 0 Å². The number of hydrogen-bond donors (Lipinski definition) is 3. The van der Waals surface area contributed by atoms with Gasteiger partial charge in [-0.3, -0.25) is 9.59 Å². The first-order valence-electron chi connectivity index (χ1n) is 8.56. The minimum atomic E-state index is -0.149. The van der Waals surface area contributed by atoms with E-state index in [-0.39, 0.29) is 18.4 Å². The van der Waals surface area contributed by atoms with Crippen molar-refractivity contribution < 1.29 is 9.59 Å². The minimum Gasteiger partial charge on any atom is -0.376 e. The first-order valence-corrected chi connectivity index (χ1v) is 8.56. The molecule has 0 spiro atoms. The first-order chi connectivity index (χ1) is 12.7. The Kier molecular flexibility index (Phi) is 5.49. The van der Waals surface area contributed by atoms with Gasteiger partial charge in [0.05, 0.1) is 6.54 Å². The zero-order valence-electron chi connectivity index (χ0n) is 14.6. The van der Waals surface area contributed by atoms with Crippen molar-refractivity contribution in [2.24, 2.45) is 0 Å². The van der Waals surface area contributed by atoms with Gasteiger partial charge < -0.3 is 16.0 Å². The molecule has 5 nitrogen and oxygen atoms in total. The maximum absolute atomic E-state index is 12.2. The van der Waals surface area contributed by atoms with Crippen molar-refractivity contribution in [1.29, 1.82) is 0 Å². The van der Waals surface area contributed by atoms with E-state index in [4.69, 9.17) is 0 Å². The monoisotopic (exact) mass is 347 g/mol. The van der Waals surface area contributed by atoms with Gasteiger partial charge in [-0.05, 0) is 48.0 Å². The summed E-state index contributed by atoms with van der Waals surface area (Å²) >= 11 is 0. The zero-order chi connectivity index (χ0) is 18.4. The fourth-order valence-electron chi connectivity index (χ4n) is 2.69. The van der Waals surface area contributed by atoms with Crippen molar-refractivity contribution in [2.75, 3.05) is 23.7 Å². The molecule has 3 aromatic carbocycles. The van der Waals surface area contributed by atoms with Crippen LogP contribution in [0.2, 0.25) is 0 Å². The number of hydrogen-bond acceptors (Lipinski definition) is 3. The molecule has 0 bridgehead atoms. The summed E-state index contributed by atoms with van der Waals surface area (Å²) in [5, 5.41) is 10.9. The van der Waals surface area contributed by atoms with Gasteiger partial charge in [-0.15, -0.1) is 0 Å². The van der Waals surface area contributed by atoms with Crippen LogP contribution in [0, 0.1) is 0 Å². The Hall–Kier alpha value is -3.34. The van der Waals surface area contributed by atoms with Crippen molar-refractivity contribution in [3.63, 3.8) is 0 Å². The van der Waals surface area contributed by atoms with Gasteiger partial charge in [0.2, 0.25) is 5.91 Å². The minimum absolute atomic E-state index is 0.117. The van der Waals surface area contributed by atoms with Gasteiger partial charge >= 0.3 is 0 Å². The molecule has 5 heteroatoms. The molecule has 3 rings (SSSR count). The topological polar surface area (TPSA) is 70.2 Å². The Morgan fingerprint density at radius 2 is 1.65 bits per heavy atom. The molecule has 2 amide bonds. The van der Waals surface area contributed by atoms with E-state index in [2.05, 4.69) is 16.0 Å². The van der Waals surface area contributed by atoms with Crippen LogP contribution in [0.25, 0.3) is 10.8 Å². The van der Waals surface area contributed by atoms with Gasteiger partial charge in [0.15, 0.2) is 0 Å². The summed E-state index contributed by atoms with van der Waals surface area (Å²) in [6.45, 7) is 2.56. The fourth-order valence-corrected chi connectivity index (χ4v) is 2.69. The van der Waals surface area contributed by atoms with Crippen molar-refractivity contribution in [1.82, 2.24) is 5.32 Å². The molecule has 0 unspecified atom stereocenters. The number of amides is 2. The highest BCUT2D eigenvalue weighted by Crippen LogP contribution is 2.18. The summed E-state index contributed by atoms with van der Waals surface area (Å²) in [5.74, 6) is -0.277. The van der Waals surface area contributed by atoms with E-state index < -0.39 is 0 Å². The van der Waals surface area contributed by atoms with Gasteiger partial charge in [-0.25, -0.2) is 0 Å². The van der Waals surface area contributed by atoms with E-state index in [9.17, 15) is 9.59 Å². The lowest BCUT2D eigenvalue weighted by atomic mass is 10.1. The Bertz CT molecular complexity index is 937. The Morgan fingerprint density at radius 1 is 0.846 bits per heavy atom. The molecular weight excluding hydrogens is 326 g/mol. The number of rotatable bonds is 6. The highest BCUT2D eigenvalue weighted by molar-refractivity contribution is 5.97. The molecule has 0 atom stereocenters. The zero-order valence-corrected chi connectivity index (χ0v) is 14.6. The van der Waals surface area contributed by atoms with Crippen molar-refractivity contribution in [3.05, 3.63) is 72.3 Å². The first kappa shape index (κ1) is 17.5. The number of carbonyl (C=O) groups excluding carboxylic acids is 2. The Morgan fingerprint density at radius 3 is 2.46 bits per heavy atom. The van der Waals surface area contributed by atoms with E-state index in [0.717, 1.165) is 22.1 Å². The van der Waals surface area contributed by atoms with Gasteiger partial charge in [-0.1, -0.05) is 36.4 Å². The van der Waals surface area contributed by atoms with E-state index in [0.29, 0.717) is 12.1 Å². The molecular formula is C21H21N3O2. The second kappa shape index (κ2) is 8.16. The van der Waals surface area contributed by atoms with Crippen LogP contribution in [0.4, 0.5) is 11.4 Å². The number of nitrogens with one attached hydrogen (secondary N) is 3. The Labute approximate surface area is 152 Å². The summed E-state index contributed by atoms with van der Waals surface area (Å²) in [7, 11) is 0. The summed E-state index contributed by atoms with van der Waals surface area (Å²) in [6.07, 6.45) is 0. The molecule has 0 radical (unpaired) electrons. The van der Waals surface area contributed by atoms with Gasteiger partial charge in [-0.2, -0.15) is 0 Å². The molecule has 3 N–H and O–H groups in total. The molecule has 0 heterocycles. The molecule has 0 fully saturated rings. The van der Waals surface area contributed by atoms with Crippen LogP contribution in [0.3, 0.4) is 0 Å². The van der Waals surface area contributed by atoms with Crippen LogP contribution in [-0.2, 0) is 4.79 Å². The lowest BCUT2D eigenvalue weighted by Gasteiger charge is -2.10. The lowest BCUT2D eigenvalue weighted by molar-refractivity contribution is -0.114. The normalized spacial score (nSPS) is 10.3. The molecule has 3 aromatic rings. The molecule has 0 aliphatic rings. The molecule has 0 aromatic heterocycles. The quantitative estimate of drug-likeness (QED) is 0.637. The van der Waals surface area contributed by atoms with E-state index in [1.165, 1.54) is 0 Å². The standard InChI is InChI=1S/C21H21N3O2/c1-2-22-21(26)17-8-5-9-18(13-17)23-14-20(25)24-19-11-10-15-6-3-4-7-16(15)12-19/h3-13,23H,2,14H2,1H3,(H,22,26)(H,24,25). The third-order valence-corrected chi connectivity index (χ3v) is 3.95. The van der Waals surface area contributed by atoms with Gasteiger partial charge in [0.25, 0.3) is 5.91 Å². The summed E-state index contributed by atoms with van der Waals surface area (Å²) < 4.78 is 0. The average Bonchev–Trinajstić information content (AvgIpc) is 2.67. The third-order valence-electron chi connectivity index (χ3n) is 3.95. The predicted octanol–water partition coefficient (Wildman–Crippen LogP) is 3.64. The van der Waals surface area contributed by atoms with Crippen LogP contribution in [0.5, 0.6) is 0 Å². The number of carbonyl (C=O) groups is 2. The molecule has 0 aliphatic heterocycles. The van der Waals surface area contributed by atoms with Gasteiger partial charge in [0.1, 0.15) is 0 Å². The van der Waals surface area contributed by atoms with Crippen LogP contribution in [0.15, 0.2) is 66.7 Å². The number of anilines is 2. The van der Waals surface area contributed by atoms with Crippen molar-refractivity contribution >= 4 is 34.0 Å². The van der Waals surface area contributed by atoms with Crippen LogP contribution in [0.1, 0.15) is 17.3 Å².